The summed E-state index contributed by atoms with van der Waals surface area (Å²) >= 11 is 3.47. The maximum absolute atomic E-state index is 11.7. The molecule has 116 valence electrons. The van der Waals surface area contributed by atoms with E-state index in [0.29, 0.717) is 12.1 Å². The van der Waals surface area contributed by atoms with Crippen LogP contribution in [-0.2, 0) is 6.54 Å². The number of hydrogen-bond acceptors (Lipinski definition) is 4. The number of carbonyl (C=O) groups is 1. The maximum atomic E-state index is 11.7. The first kappa shape index (κ1) is 15.4. The van der Waals surface area contributed by atoms with Crippen LogP contribution in [0.1, 0.15) is 15.9 Å². The summed E-state index contributed by atoms with van der Waals surface area (Å²) in [6, 6.07) is 13.4. The van der Waals surface area contributed by atoms with E-state index in [0.717, 1.165) is 26.8 Å². The fourth-order valence-corrected chi connectivity index (χ4v) is 2.68. The highest BCUT2D eigenvalue weighted by Crippen LogP contribution is 2.23. The lowest BCUT2D eigenvalue weighted by atomic mass is 10.1. The SMILES string of the molecule is CNC(=O)c1cccc(CNc2ncnc3ccc(Br)cc23)c1. The largest absolute Gasteiger partial charge is 0.365 e. The van der Waals surface area contributed by atoms with E-state index in [1.54, 1.807) is 19.4 Å². The summed E-state index contributed by atoms with van der Waals surface area (Å²) in [7, 11) is 1.62. The number of benzene rings is 2. The first-order valence-electron chi connectivity index (χ1n) is 7.12. The molecule has 2 N–H and O–H groups in total. The molecule has 0 fully saturated rings. The Morgan fingerprint density at radius 1 is 1.17 bits per heavy atom. The summed E-state index contributed by atoms with van der Waals surface area (Å²) in [4.78, 5) is 20.3. The Kier molecular flexibility index (Phi) is 4.52. The highest BCUT2D eigenvalue weighted by molar-refractivity contribution is 9.10. The van der Waals surface area contributed by atoms with Gasteiger partial charge in [-0.25, -0.2) is 9.97 Å². The standard InChI is InChI=1S/C17H15BrN4O/c1-19-17(23)12-4-2-3-11(7-12)9-20-16-14-8-13(18)5-6-15(14)21-10-22-16/h2-8,10H,9H2,1H3,(H,19,23)(H,20,21,22). The lowest BCUT2D eigenvalue weighted by Crippen LogP contribution is -2.18. The van der Waals surface area contributed by atoms with Gasteiger partial charge in [0.15, 0.2) is 0 Å². The molecular formula is C17H15BrN4O. The second-order valence-corrected chi connectivity index (χ2v) is 5.93. The molecule has 5 nitrogen and oxygen atoms in total. The van der Waals surface area contributed by atoms with Crippen LogP contribution in [0, 0.1) is 0 Å². The third-order valence-corrected chi connectivity index (χ3v) is 3.97. The van der Waals surface area contributed by atoms with E-state index < -0.39 is 0 Å². The number of halogens is 1. The van der Waals surface area contributed by atoms with Gasteiger partial charge in [0.25, 0.3) is 5.91 Å². The topological polar surface area (TPSA) is 66.9 Å². The molecule has 0 unspecified atom stereocenters. The van der Waals surface area contributed by atoms with E-state index in [9.17, 15) is 4.79 Å². The summed E-state index contributed by atoms with van der Waals surface area (Å²) < 4.78 is 0.976. The Bertz CT molecular complexity index is 866. The lowest BCUT2D eigenvalue weighted by Gasteiger charge is -2.09. The maximum Gasteiger partial charge on any atom is 0.251 e. The first-order chi connectivity index (χ1) is 11.2. The molecule has 6 heteroatoms. The molecule has 3 aromatic rings. The van der Waals surface area contributed by atoms with Gasteiger partial charge in [-0.15, -0.1) is 0 Å². The van der Waals surface area contributed by atoms with Gasteiger partial charge in [0.2, 0.25) is 0 Å². The Morgan fingerprint density at radius 2 is 2.04 bits per heavy atom. The molecule has 3 rings (SSSR count). The van der Waals surface area contributed by atoms with Crippen LogP contribution in [0.25, 0.3) is 10.9 Å². The van der Waals surface area contributed by atoms with Crippen molar-refractivity contribution < 1.29 is 4.79 Å². The second-order valence-electron chi connectivity index (χ2n) is 5.02. The van der Waals surface area contributed by atoms with Crippen LogP contribution >= 0.6 is 15.9 Å². The predicted molar refractivity (Wildman–Crippen MR) is 94.4 cm³/mol. The molecule has 0 saturated heterocycles. The average molecular weight is 371 g/mol. The van der Waals surface area contributed by atoms with Gasteiger partial charge in [-0.1, -0.05) is 28.1 Å². The third kappa shape index (κ3) is 3.48. The zero-order valence-electron chi connectivity index (χ0n) is 12.5. The Balaban J connectivity index is 1.84. The summed E-state index contributed by atoms with van der Waals surface area (Å²) in [5.74, 6) is 0.671. The molecule has 1 amide bonds. The van der Waals surface area contributed by atoms with Gasteiger partial charge in [-0.2, -0.15) is 0 Å². The Labute approximate surface area is 142 Å². The molecule has 0 spiro atoms. The molecule has 23 heavy (non-hydrogen) atoms. The molecular weight excluding hydrogens is 356 g/mol. The summed E-state index contributed by atoms with van der Waals surface area (Å²) in [6.45, 7) is 0.573. The van der Waals surface area contributed by atoms with Gasteiger partial charge in [0, 0.05) is 29.0 Å². The van der Waals surface area contributed by atoms with E-state index >= 15 is 0 Å². The smallest absolute Gasteiger partial charge is 0.251 e. The molecule has 0 atom stereocenters. The van der Waals surface area contributed by atoms with Crippen molar-refractivity contribution in [2.45, 2.75) is 6.54 Å². The van der Waals surface area contributed by atoms with Crippen molar-refractivity contribution in [1.82, 2.24) is 15.3 Å². The van der Waals surface area contributed by atoms with Crippen LogP contribution in [-0.4, -0.2) is 22.9 Å². The predicted octanol–water partition coefficient (Wildman–Crippen LogP) is 3.36. The number of nitrogens with zero attached hydrogens (tertiary/aromatic N) is 2. The number of hydrogen-bond donors (Lipinski definition) is 2. The minimum atomic E-state index is -0.0942. The van der Waals surface area contributed by atoms with Crippen molar-refractivity contribution in [3.63, 3.8) is 0 Å². The van der Waals surface area contributed by atoms with E-state index in [4.69, 9.17) is 0 Å². The Hall–Kier alpha value is -2.47. The second kappa shape index (κ2) is 6.75. The number of aromatic nitrogens is 2. The minimum absolute atomic E-state index is 0.0942. The van der Waals surface area contributed by atoms with Crippen molar-refractivity contribution in [3.05, 3.63) is 64.4 Å². The Morgan fingerprint density at radius 3 is 2.87 bits per heavy atom. The van der Waals surface area contributed by atoms with Crippen molar-refractivity contribution >= 4 is 38.6 Å². The fraction of sp³-hybridized carbons (Fsp3) is 0.118. The first-order valence-corrected chi connectivity index (χ1v) is 7.92. The van der Waals surface area contributed by atoms with Crippen molar-refractivity contribution in [1.29, 1.82) is 0 Å². The van der Waals surface area contributed by atoms with Gasteiger partial charge >= 0.3 is 0 Å². The summed E-state index contributed by atoms with van der Waals surface area (Å²) in [6.07, 6.45) is 1.54. The zero-order chi connectivity index (χ0) is 16.2. The van der Waals surface area contributed by atoms with Crippen LogP contribution in [0.15, 0.2) is 53.3 Å². The van der Waals surface area contributed by atoms with Gasteiger partial charge < -0.3 is 10.6 Å². The molecule has 1 aromatic heterocycles. The molecule has 0 aliphatic carbocycles. The number of nitrogens with one attached hydrogen (secondary N) is 2. The molecule has 0 aliphatic heterocycles. The number of rotatable bonds is 4. The van der Waals surface area contributed by atoms with Gasteiger partial charge in [-0.05, 0) is 35.9 Å². The van der Waals surface area contributed by atoms with Crippen LogP contribution in [0.4, 0.5) is 5.82 Å². The van der Waals surface area contributed by atoms with Gasteiger partial charge in [0.1, 0.15) is 12.1 Å². The van der Waals surface area contributed by atoms with Crippen LogP contribution in [0.3, 0.4) is 0 Å². The van der Waals surface area contributed by atoms with Crippen molar-refractivity contribution in [2.75, 3.05) is 12.4 Å². The number of anilines is 1. The fourth-order valence-electron chi connectivity index (χ4n) is 2.32. The highest BCUT2D eigenvalue weighted by Gasteiger charge is 2.06. The molecule has 0 bridgehead atoms. The lowest BCUT2D eigenvalue weighted by molar-refractivity contribution is 0.0963. The normalized spacial score (nSPS) is 10.5. The monoisotopic (exact) mass is 370 g/mol. The molecule has 0 saturated carbocycles. The molecule has 2 aromatic carbocycles. The van der Waals surface area contributed by atoms with E-state index in [1.165, 1.54) is 0 Å². The number of fused-ring (bicyclic) bond motifs is 1. The van der Waals surface area contributed by atoms with Crippen LogP contribution < -0.4 is 10.6 Å². The quantitative estimate of drug-likeness (QED) is 0.738. The van der Waals surface area contributed by atoms with Crippen LogP contribution in [0.5, 0.6) is 0 Å². The minimum Gasteiger partial charge on any atom is -0.365 e. The highest BCUT2D eigenvalue weighted by atomic mass is 79.9. The molecule has 1 heterocycles. The molecule has 0 aliphatic rings. The zero-order valence-corrected chi connectivity index (χ0v) is 14.1. The van der Waals surface area contributed by atoms with E-state index in [2.05, 4.69) is 36.5 Å². The van der Waals surface area contributed by atoms with Crippen molar-refractivity contribution in [3.8, 4) is 0 Å². The van der Waals surface area contributed by atoms with Gasteiger partial charge in [0.05, 0.1) is 5.52 Å². The molecule has 0 radical (unpaired) electrons. The van der Waals surface area contributed by atoms with Crippen molar-refractivity contribution in [2.24, 2.45) is 0 Å². The third-order valence-electron chi connectivity index (χ3n) is 3.47. The summed E-state index contributed by atoms with van der Waals surface area (Å²) in [5.41, 5.74) is 2.53. The van der Waals surface area contributed by atoms with Gasteiger partial charge in [-0.3, -0.25) is 4.79 Å². The van der Waals surface area contributed by atoms with Crippen LogP contribution in [0.2, 0.25) is 0 Å². The number of carbonyl (C=O) groups excluding carboxylic acids is 1. The number of amides is 1. The average Bonchev–Trinajstić information content (AvgIpc) is 2.59. The summed E-state index contributed by atoms with van der Waals surface area (Å²) in [5, 5.41) is 6.89. The van der Waals surface area contributed by atoms with E-state index in [-0.39, 0.29) is 5.91 Å². The van der Waals surface area contributed by atoms with E-state index in [1.807, 2.05) is 36.4 Å².